The molecule has 1 rings (SSSR count). The van der Waals surface area contributed by atoms with Crippen molar-refractivity contribution in [3.63, 3.8) is 0 Å². The van der Waals surface area contributed by atoms with Crippen LogP contribution >= 0.6 is 174 Å². The third-order valence-corrected chi connectivity index (χ3v) is 9.89. The number of unbranched alkanes of at least 4 members (excludes halogenated alkanes) is 6. The SMILES string of the molecule is CCCCCCCCCC1(C(Cl)(Cl)Cl)NC(C(Cl)(Cl)Cl)(C(Cl)(Cl)Cl)NC(C(Cl)(Cl)Cl)(C(Cl)(Cl)Cl)N1. The molecule has 35 heavy (non-hydrogen) atoms. The Labute approximate surface area is 281 Å². The summed E-state index contributed by atoms with van der Waals surface area (Å²) in [5, 5.41) is 8.31. The molecule has 1 saturated heterocycles. The van der Waals surface area contributed by atoms with Crippen molar-refractivity contribution in [2.45, 2.75) is 94.2 Å². The molecule has 3 N–H and O–H groups in total. The second-order valence-electron chi connectivity index (χ2n) is 8.14. The second kappa shape index (κ2) is 13.3. The highest BCUT2D eigenvalue weighted by atomic mass is 35.6. The van der Waals surface area contributed by atoms with Gasteiger partial charge in [-0.05, 0) is 6.42 Å². The molecule has 0 aromatic carbocycles. The van der Waals surface area contributed by atoms with Crippen LogP contribution in [0.4, 0.5) is 0 Å². The van der Waals surface area contributed by atoms with Crippen molar-refractivity contribution >= 4 is 174 Å². The lowest BCUT2D eigenvalue weighted by molar-refractivity contribution is -0.0102. The Hall–Kier alpha value is 4.23. The largest absolute Gasteiger partial charge is 0.270 e. The molecular weight excluding hydrogens is 778 g/mol. The number of rotatable bonds is 8. The fraction of sp³-hybridized carbons (Fsp3) is 1.00. The molecule has 0 atom stereocenters. The average Bonchev–Trinajstić information content (AvgIpc) is 2.62. The van der Waals surface area contributed by atoms with Crippen molar-refractivity contribution in [2.75, 3.05) is 0 Å². The third kappa shape index (κ3) is 8.41. The summed E-state index contributed by atoms with van der Waals surface area (Å²) in [6, 6.07) is 0. The monoisotopic (exact) mass is 793 g/mol. The van der Waals surface area contributed by atoms with E-state index >= 15 is 0 Å². The highest BCUT2D eigenvalue weighted by molar-refractivity contribution is 6.76. The summed E-state index contributed by atoms with van der Waals surface area (Å²) in [7, 11) is 0. The molecule has 0 aliphatic carbocycles. The molecule has 0 bridgehead atoms. The molecule has 0 saturated carbocycles. The van der Waals surface area contributed by atoms with Crippen LogP contribution in [-0.2, 0) is 0 Å². The number of alkyl halides is 15. The van der Waals surface area contributed by atoms with E-state index in [0.29, 0.717) is 6.42 Å². The molecule has 210 valence electrons. The van der Waals surface area contributed by atoms with Crippen LogP contribution in [-0.4, -0.2) is 36.0 Å². The molecule has 0 radical (unpaired) electrons. The maximum absolute atomic E-state index is 6.47. The lowest BCUT2D eigenvalue weighted by Crippen LogP contribution is -2.96. The first kappa shape index (κ1) is 37.3. The minimum atomic E-state index is -2.52. The van der Waals surface area contributed by atoms with Gasteiger partial charge in [-0.15, -0.1) is 0 Å². The predicted octanol–water partition coefficient (Wildman–Crippen LogP) is 10.8. The summed E-state index contributed by atoms with van der Waals surface area (Å²) in [5.74, 6) is 0. The van der Waals surface area contributed by atoms with Crippen molar-refractivity contribution in [2.24, 2.45) is 0 Å². The van der Waals surface area contributed by atoms with Crippen LogP contribution in [0.25, 0.3) is 0 Å². The standard InChI is InChI=1S/C17H22Cl15N3/c1-2-3-4-5-6-7-8-9-10(13(18,19)20)33-11(14(21,22)23,15(24,25)26)35-12(34-10,16(27,28)29)17(30,31)32/h33-35H,2-9H2,1H3. The molecule has 0 spiro atoms. The van der Waals surface area contributed by atoms with Gasteiger partial charge in [0.1, 0.15) is 5.66 Å². The molecule has 1 aliphatic rings. The first-order valence-corrected chi connectivity index (χ1v) is 15.8. The lowest BCUT2D eigenvalue weighted by Gasteiger charge is -2.65. The van der Waals surface area contributed by atoms with Crippen LogP contribution in [0.3, 0.4) is 0 Å². The summed E-state index contributed by atoms with van der Waals surface area (Å²) in [4.78, 5) is 0. The van der Waals surface area contributed by atoms with Crippen LogP contribution in [0, 0.1) is 0 Å². The average molecular weight is 800 g/mol. The van der Waals surface area contributed by atoms with E-state index < -0.39 is 36.0 Å². The zero-order valence-corrected chi connectivity index (χ0v) is 29.2. The highest BCUT2D eigenvalue weighted by Gasteiger charge is 2.78. The van der Waals surface area contributed by atoms with Crippen LogP contribution in [0.1, 0.15) is 58.3 Å². The topological polar surface area (TPSA) is 36.1 Å². The van der Waals surface area contributed by atoms with E-state index in [2.05, 4.69) is 22.9 Å². The Kier molecular flexibility index (Phi) is 14.1. The van der Waals surface area contributed by atoms with Gasteiger partial charge >= 0.3 is 0 Å². The smallest absolute Gasteiger partial charge is 0.225 e. The van der Waals surface area contributed by atoms with Gasteiger partial charge in [0.25, 0.3) is 0 Å². The summed E-state index contributed by atoms with van der Waals surface area (Å²) in [6.45, 7) is 2.13. The normalized spacial score (nSPS) is 21.3. The zero-order valence-electron chi connectivity index (χ0n) is 17.8. The molecule has 0 amide bonds. The van der Waals surface area contributed by atoms with Crippen molar-refractivity contribution in [1.82, 2.24) is 16.0 Å². The van der Waals surface area contributed by atoms with E-state index in [1.165, 1.54) is 0 Å². The molecule has 0 unspecified atom stereocenters. The zero-order chi connectivity index (χ0) is 27.8. The van der Waals surface area contributed by atoms with Crippen molar-refractivity contribution in [3.05, 3.63) is 0 Å². The van der Waals surface area contributed by atoms with Crippen molar-refractivity contribution in [3.8, 4) is 0 Å². The van der Waals surface area contributed by atoms with Gasteiger partial charge in [-0.3, -0.25) is 16.0 Å². The Morgan fingerprint density at radius 1 is 0.429 bits per heavy atom. The predicted molar refractivity (Wildman–Crippen MR) is 162 cm³/mol. The number of hydrogen-bond donors (Lipinski definition) is 3. The van der Waals surface area contributed by atoms with Crippen LogP contribution in [0.5, 0.6) is 0 Å². The van der Waals surface area contributed by atoms with Crippen LogP contribution in [0.15, 0.2) is 0 Å². The maximum atomic E-state index is 6.47. The summed E-state index contributed by atoms with van der Waals surface area (Å²) < 4.78 is -12.3. The van der Waals surface area contributed by atoms with E-state index in [9.17, 15) is 0 Å². The van der Waals surface area contributed by atoms with E-state index in [1.54, 1.807) is 0 Å². The van der Waals surface area contributed by atoms with Gasteiger partial charge in [-0.25, -0.2) is 0 Å². The molecule has 0 aromatic heterocycles. The van der Waals surface area contributed by atoms with Gasteiger partial charge in [0, 0.05) is 0 Å². The molecule has 1 aliphatic heterocycles. The number of halogens is 15. The first-order valence-electron chi connectivity index (χ1n) is 10.1. The second-order valence-corrected chi connectivity index (χ2v) is 19.5. The van der Waals surface area contributed by atoms with Gasteiger partial charge in [0.15, 0.2) is 11.3 Å². The Morgan fingerprint density at radius 3 is 1.03 bits per heavy atom. The van der Waals surface area contributed by atoms with Gasteiger partial charge in [-0.2, -0.15) is 0 Å². The van der Waals surface area contributed by atoms with E-state index in [0.717, 1.165) is 38.5 Å². The summed E-state index contributed by atoms with van der Waals surface area (Å²) in [6.07, 6.45) is 6.53. The minimum Gasteiger partial charge on any atom is -0.270 e. The van der Waals surface area contributed by atoms with Gasteiger partial charge in [0.05, 0.1) is 0 Å². The highest BCUT2D eigenvalue weighted by Crippen LogP contribution is 2.61. The molecule has 18 heteroatoms. The fourth-order valence-electron chi connectivity index (χ4n) is 3.66. The quantitative estimate of drug-likeness (QED) is 0.169. The minimum absolute atomic E-state index is 0.0332. The molecule has 1 heterocycles. The lowest BCUT2D eigenvalue weighted by atomic mass is 9.92. The molecule has 1 fully saturated rings. The molecule has 0 aromatic rings. The van der Waals surface area contributed by atoms with Crippen molar-refractivity contribution in [1.29, 1.82) is 0 Å². The Morgan fingerprint density at radius 2 is 0.743 bits per heavy atom. The van der Waals surface area contributed by atoms with Crippen molar-refractivity contribution < 1.29 is 0 Å². The molecule has 3 nitrogen and oxygen atoms in total. The van der Waals surface area contributed by atoms with E-state index in [-0.39, 0.29) is 6.42 Å². The first-order chi connectivity index (χ1) is 15.4. The Bertz CT molecular complexity index is 619. The maximum Gasteiger partial charge on any atom is 0.225 e. The summed E-state index contributed by atoms with van der Waals surface area (Å²) >= 11 is 95.3. The van der Waals surface area contributed by atoms with E-state index in [4.69, 9.17) is 174 Å². The summed E-state index contributed by atoms with van der Waals surface area (Å²) in [5.41, 5.74) is -6.81. The van der Waals surface area contributed by atoms with Gasteiger partial charge < -0.3 is 0 Å². The van der Waals surface area contributed by atoms with Crippen LogP contribution < -0.4 is 16.0 Å². The Balaban J connectivity index is 3.73. The van der Waals surface area contributed by atoms with Crippen LogP contribution in [0.2, 0.25) is 0 Å². The molecular formula is C17H22Cl15N3. The fourth-order valence-corrected chi connectivity index (χ4v) is 7.93. The number of hydrogen-bond acceptors (Lipinski definition) is 3. The van der Waals surface area contributed by atoms with E-state index in [1.807, 2.05) is 0 Å². The van der Waals surface area contributed by atoms with Gasteiger partial charge in [-0.1, -0.05) is 226 Å². The number of nitrogens with one attached hydrogen (secondary N) is 3. The third-order valence-electron chi connectivity index (χ3n) is 5.52. The van der Waals surface area contributed by atoms with Gasteiger partial charge in [0.2, 0.25) is 19.0 Å².